The normalized spacial score (nSPS) is 13.4. The van der Waals surface area contributed by atoms with Gasteiger partial charge in [-0.1, -0.05) is 80.1 Å². The zero-order valence-electron chi connectivity index (χ0n) is 13.9. The lowest BCUT2D eigenvalue weighted by molar-refractivity contribution is -0.0520. The second-order valence-corrected chi connectivity index (χ2v) is 5.75. The maximum atomic E-state index is 6.10. The Morgan fingerprint density at radius 2 is 1.57 bits per heavy atom. The van der Waals surface area contributed by atoms with E-state index in [4.69, 9.17) is 4.84 Å². The molecule has 0 aliphatic carbocycles. The molecule has 2 unspecified atom stereocenters. The Hall–Kier alpha value is -1.90. The quantitative estimate of drug-likeness (QED) is 0.445. The van der Waals surface area contributed by atoms with E-state index in [1.54, 1.807) is 0 Å². The molecule has 1 N–H and O–H groups in total. The van der Waals surface area contributed by atoms with Crippen molar-refractivity contribution in [2.45, 2.75) is 44.8 Å². The second-order valence-electron chi connectivity index (χ2n) is 5.75. The van der Waals surface area contributed by atoms with E-state index in [2.05, 4.69) is 67.5 Å². The van der Waals surface area contributed by atoms with Crippen LogP contribution in [0.1, 0.15) is 55.9 Å². The monoisotopic (exact) mass is 309 g/mol. The molecule has 2 rings (SSSR count). The average Bonchev–Trinajstić information content (AvgIpc) is 2.62. The van der Waals surface area contributed by atoms with Crippen LogP contribution in [0.3, 0.4) is 0 Å². The van der Waals surface area contributed by atoms with Gasteiger partial charge in [-0.25, -0.2) is 0 Å². The Morgan fingerprint density at radius 1 is 0.957 bits per heavy atom. The maximum absolute atomic E-state index is 6.10. The highest BCUT2D eigenvalue weighted by molar-refractivity contribution is 5.19. The van der Waals surface area contributed by atoms with E-state index in [-0.39, 0.29) is 12.1 Å². The molecule has 2 atom stereocenters. The topological polar surface area (TPSA) is 21.3 Å². The van der Waals surface area contributed by atoms with Crippen LogP contribution in [-0.4, -0.2) is 0 Å². The zero-order valence-corrected chi connectivity index (χ0v) is 13.9. The van der Waals surface area contributed by atoms with Gasteiger partial charge in [0.15, 0.2) is 0 Å². The molecule has 0 fully saturated rings. The van der Waals surface area contributed by atoms with Gasteiger partial charge in [-0.15, -0.1) is 6.58 Å². The molecule has 2 aromatic carbocycles. The first-order valence-electron chi connectivity index (χ1n) is 8.47. The molecule has 0 radical (unpaired) electrons. The zero-order chi connectivity index (χ0) is 16.3. The predicted molar refractivity (Wildman–Crippen MR) is 96.9 cm³/mol. The minimum absolute atomic E-state index is 0.0798. The van der Waals surface area contributed by atoms with E-state index in [0.717, 1.165) is 25.7 Å². The third kappa shape index (κ3) is 5.66. The van der Waals surface area contributed by atoms with Gasteiger partial charge in [-0.3, -0.25) is 4.84 Å². The molecule has 0 saturated carbocycles. The maximum Gasteiger partial charge on any atom is 0.104 e. The Morgan fingerprint density at radius 3 is 2.13 bits per heavy atom. The highest BCUT2D eigenvalue weighted by Gasteiger charge is 2.15. The van der Waals surface area contributed by atoms with Gasteiger partial charge in [-0.05, 0) is 30.4 Å². The predicted octanol–water partition coefficient (Wildman–Crippen LogP) is 5.76. The summed E-state index contributed by atoms with van der Waals surface area (Å²) in [5, 5.41) is 0. The molecule has 0 saturated heterocycles. The van der Waals surface area contributed by atoms with Crippen LogP contribution in [0.2, 0.25) is 0 Å². The van der Waals surface area contributed by atoms with Crippen molar-refractivity contribution in [3.05, 3.63) is 84.4 Å². The van der Waals surface area contributed by atoms with Crippen molar-refractivity contribution >= 4 is 0 Å². The molecule has 23 heavy (non-hydrogen) atoms. The molecule has 0 amide bonds. The summed E-state index contributed by atoms with van der Waals surface area (Å²) < 4.78 is 0. The van der Waals surface area contributed by atoms with Crippen LogP contribution in [0.5, 0.6) is 0 Å². The first kappa shape index (κ1) is 17.5. The molecule has 2 nitrogen and oxygen atoms in total. The molecular weight excluding hydrogens is 282 g/mol. The summed E-state index contributed by atoms with van der Waals surface area (Å²) in [5.74, 6) is 0. The van der Waals surface area contributed by atoms with Crippen LogP contribution in [0, 0.1) is 0 Å². The smallest absolute Gasteiger partial charge is 0.104 e. The van der Waals surface area contributed by atoms with Crippen LogP contribution in [0.15, 0.2) is 73.3 Å². The van der Waals surface area contributed by atoms with E-state index in [1.165, 1.54) is 11.1 Å². The van der Waals surface area contributed by atoms with Crippen LogP contribution >= 0.6 is 0 Å². The summed E-state index contributed by atoms with van der Waals surface area (Å²) in [7, 11) is 0. The van der Waals surface area contributed by atoms with Crippen molar-refractivity contribution in [1.82, 2.24) is 5.48 Å². The number of rotatable bonds is 10. The van der Waals surface area contributed by atoms with Gasteiger partial charge >= 0.3 is 0 Å². The molecule has 122 valence electrons. The van der Waals surface area contributed by atoms with Crippen molar-refractivity contribution in [2.75, 3.05) is 0 Å². The van der Waals surface area contributed by atoms with E-state index < -0.39 is 0 Å². The number of hydroxylamine groups is 1. The van der Waals surface area contributed by atoms with Crippen molar-refractivity contribution in [3.8, 4) is 0 Å². The molecule has 0 bridgehead atoms. The number of hydrogen-bond donors (Lipinski definition) is 1. The lowest BCUT2D eigenvalue weighted by atomic mass is 10.0. The molecule has 0 heterocycles. The second kappa shape index (κ2) is 9.98. The third-order valence-corrected chi connectivity index (χ3v) is 3.94. The van der Waals surface area contributed by atoms with E-state index in [9.17, 15) is 0 Å². The van der Waals surface area contributed by atoms with Crippen LogP contribution in [0.25, 0.3) is 0 Å². The molecule has 0 aromatic heterocycles. The minimum atomic E-state index is 0.0798. The fraction of sp³-hybridized carbons (Fsp3) is 0.333. The van der Waals surface area contributed by atoms with Crippen LogP contribution in [-0.2, 0) is 4.84 Å². The largest absolute Gasteiger partial charge is 0.293 e. The molecule has 0 spiro atoms. The lowest BCUT2D eigenvalue weighted by Crippen LogP contribution is -2.24. The number of hydrogen-bond acceptors (Lipinski definition) is 2. The van der Waals surface area contributed by atoms with Gasteiger partial charge in [0.2, 0.25) is 0 Å². The Kier molecular flexibility index (Phi) is 7.58. The summed E-state index contributed by atoms with van der Waals surface area (Å²) >= 11 is 0. The summed E-state index contributed by atoms with van der Waals surface area (Å²) in [5.41, 5.74) is 5.77. The van der Waals surface area contributed by atoms with Crippen molar-refractivity contribution in [3.63, 3.8) is 0 Å². The fourth-order valence-corrected chi connectivity index (χ4v) is 2.65. The molecular formula is C21H27NO. The molecule has 2 heteroatoms. The third-order valence-electron chi connectivity index (χ3n) is 3.94. The minimum Gasteiger partial charge on any atom is -0.293 e. The van der Waals surface area contributed by atoms with Gasteiger partial charge in [0.1, 0.15) is 6.10 Å². The molecule has 2 aromatic rings. The highest BCUT2D eigenvalue weighted by Crippen LogP contribution is 2.25. The van der Waals surface area contributed by atoms with Gasteiger partial charge in [-0.2, -0.15) is 5.48 Å². The van der Waals surface area contributed by atoms with Gasteiger partial charge in [0, 0.05) is 0 Å². The van der Waals surface area contributed by atoms with Crippen LogP contribution < -0.4 is 5.48 Å². The first-order chi connectivity index (χ1) is 11.3. The standard InChI is InChI=1S/C21H27NO/c1-3-5-17-20(18-13-8-6-9-14-18)22-23-21(12-4-2)19-15-10-7-11-16-19/h3,6-11,13-16,20-22H,1,4-5,12,17H2,2H3. The number of nitrogens with one attached hydrogen (secondary N) is 1. The number of allylic oxidation sites excluding steroid dienone is 1. The summed E-state index contributed by atoms with van der Waals surface area (Å²) in [4.78, 5) is 6.10. The summed E-state index contributed by atoms with van der Waals surface area (Å²) in [6, 6.07) is 21.1. The van der Waals surface area contributed by atoms with Crippen molar-refractivity contribution in [2.24, 2.45) is 0 Å². The Bertz CT molecular complexity index is 553. The van der Waals surface area contributed by atoms with Crippen molar-refractivity contribution in [1.29, 1.82) is 0 Å². The van der Waals surface area contributed by atoms with Gasteiger partial charge in [0.25, 0.3) is 0 Å². The summed E-state index contributed by atoms with van der Waals surface area (Å²) in [6.07, 6.45) is 6.06. The van der Waals surface area contributed by atoms with Gasteiger partial charge < -0.3 is 0 Å². The molecule has 0 aliphatic rings. The Labute approximate surface area is 140 Å². The van der Waals surface area contributed by atoms with Crippen molar-refractivity contribution < 1.29 is 4.84 Å². The first-order valence-corrected chi connectivity index (χ1v) is 8.47. The van der Waals surface area contributed by atoms with E-state index in [1.807, 2.05) is 18.2 Å². The van der Waals surface area contributed by atoms with E-state index >= 15 is 0 Å². The summed E-state index contributed by atoms with van der Waals surface area (Å²) in [6.45, 7) is 6.02. The Balaban J connectivity index is 2.04. The number of benzene rings is 2. The van der Waals surface area contributed by atoms with E-state index in [0.29, 0.717) is 0 Å². The fourth-order valence-electron chi connectivity index (χ4n) is 2.65. The highest BCUT2D eigenvalue weighted by atomic mass is 16.7. The lowest BCUT2D eigenvalue weighted by Gasteiger charge is -2.23. The molecule has 0 aliphatic heterocycles. The SMILES string of the molecule is C=CCCC(NOC(CCC)c1ccccc1)c1ccccc1. The van der Waals surface area contributed by atoms with Gasteiger partial charge in [0.05, 0.1) is 6.04 Å². The van der Waals surface area contributed by atoms with Crippen LogP contribution in [0.4, 0.5) is 0 Å². The average molecular weight is 309 g/mol.